The molecule has 0 spiro atoms. The van der Waals surface area contributed by atoms with E-state index in [-0.39, 0.29) is 17.2 Å². The normalized spacial score (nSPS) is 13.2. The third-order valence-electron chi connectivity index (χ3n) is 5.73. The Kier molecular flexibility index (Phi) is 5.39. The average Bonchev–Trinajstić information content (AvgIpc) is 3.34. The molecule has 0 radical (unpaired) electrons. The second kappa shape index (κ2) is 8.02. The van der Waals surface area contributed by atoms with Gasteiger partial charge in [0.25, 0.3) is 5.91 Å². The van der Waals surface area contributed by atoms with Crippen molar-refractivity contribution in [3.63, 3.8) is 0 Å². The highest BCUT2D eigenvalue weighted by Gasteiger charge is 2.23. The van der Waals surface area contributed by atoms with E-state index in [0.717, 1.165) is 23.2 Å². The van der Waals surface area contributed by atoms with E-state index in [4.69, 9.17) is 0 Å². The lowest BCUT2D eigenvalue weighted by atomic mass is 9.87. The summed E-state index contributed by atoms with van der Waals surface area (Å²) in [4.78, 5) is 26.3. The molecule has 0 unspecified atom stereocenters. The zero-order chi connectivity index (χ0) is 22.2. The van der Waals surface area contributed by atoms with E-state index in [2.05, 4.69) is 55.5 Å². The van der Waals surface area contributed by atoms with Crippen molar-refractivity contribution < 1.29 is 9.59 Å². The third-order valence-corrected chi connectivity index (χ3v) is 5.73. The number of aromatic nitrogens is 2. The van der Waals surface area contributed by atoms with Crippen LogP contribution in [0.3, 0.4) is 0 Å². The summed E-state index contributed by atoms with van der Waals surface area (Å²) in [5.41, 5.74) is 5.01. The highest BCUT2D eigenvalue weighted by atomic mass is 16.2. The number of benzene rings is 2. The molecule has 4 rings (SSSR count). The summed E-state index contributed by atoms with van der Waals surface area (Å²) in [5.74, 6) is 0.486. The molecule has 0 fully saturated rings. The van der Waals surface area contributed by atoms with E-state index >= 15 is 0 Å². The lowest BCUT2D eigenvalue weighted by Crippen LogP contribution is -2.25. The monoisotopic (exact) mass is 416 g/mol. The largest absolute Gasteiger partial charge is 0.312 e. The molecule has 0 aliphatic carbocycles. The van der Waals surface area contributed by atoms with Crippen LogP contribution in [0.1, 0.15) is 54.7 Å². The predicted octanol–water partition coefficient (Wildman–Crippen LogP) is 4.39. The Labute approximate surface area is 182 Å². The Morgan fingerprint density at radius 3 is 2.48 bits per heavy atom. The summed E-state index contributed by atoms with van der Waals surface area (Å²) in [6.07, 6.45) is 2.45. The maximum absolute atomic E-state index is 12.9. The van der Waals surface area contributed by atoms with Gasteiger partial charge in [0, 0.05) is 30.8 Å². The van der Waals surface area contributed by atoms with Gasteiger partial charge in [-0.25, -0.2) is 4.68 Å². The van der Waals surface area contributed by atoms with Gasteiger partial charge < -0.3 is 10.2 Å². The van der Waals surface area contributed by atoms with Gasteiger partial charge in [-0.15, -0.1) is 0 Å². The van der Waals surface area contributed by atoms with E-state index in [1.54, 1.807) is 34.8 Å². The first kappa shape index (κ1) is 20.8. The third kappa shape index (κ3) is 4.38. The molecule has 2 heterocycles. The minimum atomic E-state index is -0.186. The quantitative estimate of drug-likeness (QED) is 0.686. The fourth-order valence-electron chi connectivity index (χ4n) is 3.91. The van der Waals surface area contributed by atoms with Crippen molar-refractivity contribution in [1.82, 2.24) is 9.78 Å². The molecule has 0 atom stereocenters. The fraction of sp³-hybridized carbons (Fsp3) is 0.320. The van der Waals surface area contributed by atoms with Crippen molar-refractivity contribution >= 4 is 23.3 Å². The van der Waals surface area contributed by atoms with Gasteiger partial charge in [-0.05, 0) is 46.7 Å². The molecule has 160 valence electrons. The molecule has 1 N–H and O–H groups in total. The molecule has 1 aliphatic rings. The van der Waals surface area contributed by atoms with Crippen molar-refractivity contribution in [2.24, 2.45) is 0 Å². The van der Waals surface area contributed by atoms with E-state index in [1.165, 1.54) is 5.56 Å². The van der Waals surface area contributed by atoms with Gasteiger partial charge in [0.05, 0.1) is 12.7 Å². The number of fused-ring (bicyclic) bond motifs is 1. The molecule has 2 amide bonds. The maximum atomic E-state index is 12.9. The van der Waals surface area contributed by atoms with Crippen LogP contribution < -0.4 is 10.2 Å². The number of nitrogens with zero attached hydrogens (tertiary/aromatic N) is 3. The summed E-state index contributed by atoms with van der Waals surface area (Å²) in [7, 11) is 0. The second-order valence-corrected chi connectivity index (χ2v) is 9.04. The topological polar surface area (TPSA) is 67.2 Å². The van der Waals surface area contributed by atoms with Gasteiger partial charge in [0.2, 0.25) is 5.91 Å². The van der Waals surface area contributed by atoms with Crippen LogP contribution in [0.15, 0.2) is 54.7 Å². The van der Waals surface area contributed by atoms with Crippen molar-refractivity contribution in [3.05, 3.63) is 77.0 Å². The molecule has 1 aromatic heterocycles. The zero-order valence-electron chi connectivity index (χ0n) is 18.5. The van der Waals surface area contributed by atoms with Gasteiger partial charge in [0.1, 0.15) is 5.82 Å². The molecule has 2 aromatic carbocycles. The lowest BCUT2D eigenvalue weighted by Gasteiger charge is -2.19. The Morgan fingerprint density at radius 1 is 1.06 bits per heavy atom. The van der Waals surface area contributed by atoms with Crippen LogP contribution >= 0.6 is 0 Å². The Morgan fingerprint density at radius 2 is 1.81 bits per heavy atom. The minimum Gasteiger partial charge on any atom is -0.312 e. The first-order valence-electron chi connectivity index (χ1n) is 10.6. The van der Waals surface area contributed by atoms with Crippen LogP contribution in [0.4, 0.5) is 11.5 Å². The van der Waals surface area contributed by atoms with Gasteiger partial charge >= 0.3 is 0 Å². The molecular weight excluding hydrogens is 388 g/mol. The smallest absolute Gasteiger partial charge is 0.256 e. The molecule has 1 aliphatic heterocycles. The van der Waals surface area contributed by atoms with Crippen LogP contribution in [-0.4, -0.2) is 28.1 Å². The number of carbonyl (C=O) groups excluding carboxylic acids is 2. The van der Waals surface area contributed by atoms with Gasteiger partial charge in [-0.2, -0.15) is 5.10 Å². The number of hydrogen-bond acceptors (Lipinski definition) is 3. The summed E-state index contributed by atoms with van der Waals surface area (Å²) in [5, 5.41) is 7.34. The maximum Gasteiger partial charge on any atom is 0.256 e. The van der Waals surface area contributed by atoms with Crippen molar-refractivity contribution in [2.45, 2.75) is 46.1 Å². The van der Waals surface area contributed by atoms with Crippen molar-refractivity contribution in [3.8, 4) is 0 Å². The lowest BCUT2D eigenvalue weighted by molar-refractivity contribution is -0.116. The molecule has 31 heavy (non-hydrogen) atoms. The zero-order valence-corrected chi connectivity index (χ0v) is 18.5. The van der Waals surface area contributed by atoms with Crippen LogP contribution in [-0.2, 0) is 23.2 Å². The standard InChI is InChI=1S/C25H28N4O2/c1-17(30)28-14-12-19-15-20(7-10-22(19)28)24(31)27-23-11-13-26-29(23)16-18-5-8-21(9-6-18)25(2,3)4/h5-11,13,15H,12,14,16H2,1-4H3,(H,27,31). The Hall–Kier alpha value is -3.41. The summed E-state index contributed by atoms with van der Waals surface area (Å²) in [6.45, 7) is 9.38. The van der Waals surface area contributed by atoms with Gasteiger partial charge in [0.15, 0.2) is 0 Å². The molecule has 3 aromatic rings. The summed E-state index contributed by atoms with van der Waals surface area (Å²) < 4.78 is 1.79. The molecule has 0 saturated carbocycles. The highest BCUT2D eigenvalue weighted by Crippen LogP contribution is 2.29. The molecule has 0 bridgehead atoms. The van der Waals surface area contributed by atoms with Crippen LogP contribution in [0.5, 0.6) is 0 Å². The first-order chi connectivity index (χ1) is 14.7. The first-order valence-corrected chi connectivity index (χ1v) is 10.6. The van der Waals surface area contributed by atoms with Gasteiger partial charge in [-0.3, -0.25) is 9.59 Å². The van der Waals surface area contributed by atoms with Crippen LogP contribution in [0.25, 0.3) is 0 Å². The van der Waals surface area contributed by atoms with Crippen molar-refractivity contribution in [1.29, 1.82) is 0 Å². The number of rotatable bonds is 4. The van der Waals surface area contributed by atoms with Crippen LogP contribution in [0.2, 0.25) is 0 Å². The SMILES string of the molecule is CC(=O)N1CCc2cc(C(=O)Nc3ccnn3Cc3ccc(C(C)(C)C)cc3)ccc21. The fourth-order valence-corrected chi connectivity index (χ4v) is 3.91. The van der Waals surface area contributed by atoms with E-state index in [9.17, 15) is 9.59 Å². The number of nitrogens with one attached hydrogen (secondary N) is 1. The van der Waals surface area contributed by atoms with Gasteiger partial charge in [-0.1, -0.05) is 45.0 Å². The predicted molar refractivity (Wildman–Crippen MR) is 123 cm³/mol. The summed E-state index contributed by atoms with van der Waals surface area (Å²) >= 11 is 0. The second-order valence-electron chi connectivity index (χ2n) is 9.04. The number of hydrogen-bond donors (Lipinski definition) is 1. The number of anilines is 2. The molecular formula is C25H28N4O2. The minimum absolute atomic E-state index is 0.0235. The molecule has 6 nitrogen and oxygen atoms in total. The average molecular weight is 417 g/mol. The van der Waals surface area contributed by atoms with E-state index in [0.29, 0.717) is 24.5 Å². The van der Waals surface area contributed by atoms with E-state index < -0.39 is 0 Å². The highest BCUT2D eigenvalue weighted by molar-refractivity contribution is 6.05. The van der Waals surface area contributed by atoms with Crippen LogP contribution in [0, 0.1) is 0 Å². The Bertz CT molecular complexity index is 1120. The summed E-state index contributed by atoms with van der Waals surface area (Å²) in [6, 6.07) is 15.8. The number of amides is 2. The molecule has 0 saturated heterocycles. The molecule has 6 heteroatoms. The number of carbonyl (C=O) groups is 2. The van der Waals surface area contributed by atoms with E-state index in [1.807, 2.05) is 12.1 Å². The van der Waals surface area contributed by atoms with Crippen molar-refractivity contribution in [2.75, 3.05) is 16.8 Å². The Balaban J connectivity index is 1.47.